The summed E-state index contributed by atoms with van der Waals surface area (Å²) in [6, 6.07) is 6.91. The maximum absolute atomic E-state index is 13.6. The van der Waals surface area contributed by atoms with E-state index >= 15 is 0 Å². The summed E-state index contributed by atoms with van der Waals surface area (Å²) >= 11 is 3.30. The van der Waals surface area contributed by atoms with E-state index in [0.717, 1.165) is 4.47 Å². The van der Waals surface area contributed by atoms with Gasteiger partial charge in [0.05, 0.1) is 5.54 Å². The second-order valence-electron chi connectivity index (χ2n) is 6.54. The van der Waals surface area contributed by atoms with Crippen LogP contribution in [0.15, 0.2) is 28.7 Å². The van der Waals surface area contributed by atoms with E-state index in [1.54, 1.807) is 45.0 Å². The molecule has 0 saturated heterocycles. The topological polar surface area (TPSA) is 40.5 Å². The first-order valence-electron chi connectivity index (χ1n) is 6.65. The molecule has 0 aliphatic heterocycles. The minimum absolute atomic E-state index is 0.481. The van der Waals surface area contributed by atoms with E-state index in [9.17, 15) is 18.7 Å². The summed E-state index contributed by atoms with van der Waals surface area (Å²) in [5, 5.41) is 9.57. The third-order valence-electron chi connectivity index (χ3n) is 3.77. The van der Waals surface area contributed by atoms with Gasteiger partial charge in [0.2, 0.25) is 0 Å². The summed E-state index contributed by atoms with van der Waals surface area (Å²) < 4.78 is 28.0. The van der Waals surface area contributed by atoms with E-state index in [0.29, 0.717) is 5.56 Å². The van der Waals surface area contributed by atoms with Gasteiger partial charge in [-0.2, -0.15) is 0 Å². The van der Waals surface area contributed by atoms with Crippen molar-refractivity contribution in [2.24, 2.45) is 0 Å². The third kappa shape index (κ3) is 2.91. The lowest BCUT2D eigenvalue weighted by Crippen LogP contribution is -2.66. The monoisotopic (exact) mass is 361 g/mol. The van der Waals surface area contributed by atoms with Gasteiger partial charge in [-0.05, 0) is 38.5 Å². The third-order valence-corrected chi connectivity index (χ3v) is 4.30. The van der Waals surface area contributed by atoms with Crippen LogP contribution in [0.2, 0.25) is 0 Å². The van der Waals surface area contributed by atoms with Crippen molar-refractivity contribution in [1.82, 2.24) is 4.90 Å². The lowest BCUT2D eigenvalue weighted by molar-refractivity contribution is -0.187. The Balaban J connectivity index is 2.53. The molecule has 1 N–H and O–H groups in total. The molecule has 0 atom stereocenters. The van der Waals surface area contributed by atoms with Crippen LogP contribution >= 0.6 is 15.9 Å². The number of nitrogens with zero attached hydrogens (tertiary/aromatic N) is 1. The van der Waals surface area contributed by atoms with Crippen LogP contribution in [-0.4, -0.2) is 27.6 Å². The fourth-order valence-corrected chi connectivity index (χ4v) is 3.43. The van der Waals surface area contributed by atoms with Gasteiger partial charge in [0.1, 0.15) is 0 Å². The molecule has 3 nitrogen and oxygen atoms in total. The maximum atomic E-state index is 13.6. The minimum atomic E-state index is -2.83. The molecular formula is C15H18BrF2NO2. The van der Waals surface area contributed by atoms with Gasteiger partial charge in [-0.1, -0.05) is 28.1 Å². The highest BCUT2D eigenvalue weighted by Crippen LogP contribution is 2.57. The highest BCUT2D eigenvalue weighted by Gasteiger charge is 2.63. The van der Waals surface area contributed by atoms with Gasteiger partial charge in [0.15, 0.2) is 0 Å². The lowest BCUT2D eigenvalue weighted by Gasteiger charge is -2.57. The molecule has 0 bridgehead atoms. The highest BCUT2D eigenvalue weighted by molar-refractivity contribution is 9.10. The molecule has 1 amide bonds. The molecule has 0 aromatic heterocycles. The normalized spacial score (nSPS) is 19.7. The molecule has 1 aromatic rings. The molecule has 1 aliphatic carbocycles. The first kappa shape index (κ1) is 16.2. The summed E-state index contributed by atoms with van der Waals surface area (Å²) in [5.41, 5.74) is -1.34. The smallest absolute Gasteiger partial charge is 0.408 e. The molecule has 21 heavy (non-hydrogen) atoms. The van der Waals surface area contributed by atoms with Crippen molar-refractivity contribution in [3.63, 3.8) is 0 Å². The Hall–Kier alpha value is -1.17. The van der Waals surface area contributed by atoms with E-state index in [2.05, 4.69) is 15.9 Å². The summed E-state index contributed by atoms with van der Waals surface area (Å²) in [6.45, 7) is 5.16. The molecule has 116 valence electrons. The highest BCUT2D eigenvalue weighted by atomic mass is 79.9. The molecule has 1 aliphatic rings. The van der Waals surface area contributed by atoms with Crippen molar-refractivity contribution in [1.29, 1.82) is 0 Å². The van der Waals surface area contributed by atoms with Gasteiger partial charge < -0.3 is 5.11 Å². The van der Waals surface area contributed by atoms with E-state index in [1.807, 2.05) is 0 Å². The molecule has 1 aromatic carbocycles. The minimum Gasteiger partial charge on any atom is -0.465 e. The molecular weight excluding hydrogens is 344 g/mol. The van der Waals surface area contributed by atoms with Gasteiger partial charge in [-0.3, -0.25) is 4.90 Å². The Morgan fingerprint density at radius 3 is 2.05 bits per heavy atom. The number of benzene rings is 1. The number of halogens is 3. The SMILES string of the molecule is CC(C)(C)N(C(=O)O)C1(c2ccc(Br)cc2)CC(F)(F)C1. The molecule has 0 spiro atoms. The molecule has 0 unspecified atom stereocenters. The van der Waals surface area contributed by atoms with Crippen LogP contribution in [0.5, 0.6) is 0 Å². The van der Waals surface area contributed by atoms with Crippen LogP contribution in [0.25, 0.3) is 0 Å². The average Bonchev–Trinajstić information content (AvgIpc) is 2.24. The number of hydrogen-bond acceptors (Lipinski definition) is 1. The van der Waals surface area contributed by atoms with Crippen molar-refractivity contribution < 1.29 is 18.7 Å². The van der Waals surface area contributed by atoms with Crippen LogP contribution in [0.4, 0.5) is 13.6 Å². The zero-order valence-electron chi connectivity index (χ0n) is 12.2. The Morgan fingerprint density at radius 1 is 1.24 bits per heavy atom. The van der Waals surface area contributed by atoms with Crippen molar-refractivity contribution in [2.45, 2.75) is 50.6 Å². The number of rotatable bonds is 2. The van der Waals surface area contributed by atoms with Gasteiger partial charge >= 0.3 is 6.09 Å². The lowest BCUT2D eigenvalue weighted by atomic mass is 9.66. The zero-order valence-corrected chi connectivity index (χ0v) is 13.7. The zero-order chi connectivity index (χ0) is 16.1. The predicted octanol–water partition coefficient (Wildman–Crippen LogP) is 4.85. The number of carbonyl (C=O) groups is 1. The van der Waals surface area contributed by atoms with Crippen LogP contribution < -0.4 is 0 Å². The number of carboxylic acid groups (broad SMARTS) is 1. The summed E-state index contributed by atoms with van der Waals surface area (Å²) in [6.07, 6.45) is -2.14. The summed E-state index contributed by atoms with van der Waals surface area (Å²) in [5.74, 6) is -2.83. The molecule has 2 rings (SSSR count). The fraction of sp³-hybridized carbons (Fsp3) is 0.533. The molecule has 0 heterocycles. The first-order chi connectivity index (χ1) is 9.48. The number of hydrogen-bond donors (Lipinski definition) is 1. The van der Waals surface area contributed by atoms with E-state index in [4.69, 9.17) is 0 Å². The quantitative estimate of drug-likeness (QED) is 0.817. The van der Waals surface area contributed by atoms with Crippen molar-refractivity contribution in [3.8, 4) is 0 Å². The van der Waals surface area contributed by atoms with E-state index in [-0.39, 0.29) is 0 Å². The standard InChI is InChI=1S/C15H18BrF2NO2/c1-13(2,3)19(12(20)21)14(8-15(17,18)9-14)10-4-6-11(16)7-5-10/h4-7H,8-9H2,1-3H3,(H,20,21). The Kier molecular flexibility index (Phi) is 3.81. The second-order valence-corrected chi connectivity index (χ2v) is 7.45. The van der Waals surface area contributed by atoms with Crippen molar-refractivity contribution in [3.05, 3.63) is 34.3 Å². The van der Waals surface area contributed by atoms with Crippen molar-refractivity contribution in [2.75, 3.05) is 0 Å². The van der Waals surface area contributed by atoms with Gasteiger partial charge in [-0.15, -0.1) is 0 Å². The number of amides is 1. The Morgan fingerprint density at radius 2 is 1.71 bits per heavy atom. The second kappa shape index (κ2) is 4.93. The van der Waals surface area contributed by atoms with Crippen LogP contribution in [0.3, 0.4) is 0 Å². The van der Waals surface area contributed by atoms with E-state index < -0.39 is 35.9 Å². The predicted molar refractivity (Wildman–Crippen MR) is 79.6 cm³/mol. The summed E-state index contributed by atoms with van der Waals surface area (Å²) in [4.78, 5) is 12.9. The van der Waals surface area contributed by atoms with Gasteiger partial charge in [0, 0.05) is 22.9 Å². The van der Waals surface area contributed by atoms with Gasteiger partial charge in [-0.25, -0.2) is 13.6 Å². The largest absolute Gasteiger partial charge is 0.465 e. The molecule has 6 heteroatoms. The van der Waals surface area contributed by atoms with Gasteiger partial charge in [0.25, 0.3) is 5.92 Å². The van der Waals surface area contributed by atoms with Crippen LogP contribution in [-0.2, 0) is 5.54 Å². The Labute approximate surface area is 131 Å². The fourth-order valence-electron chi connectivity index (χ4n) is 3.17. The number of alkyl halides is 2. The van der Waals surface area contributed by atoms with Crippen LogP contribution in [0.1, 0.15) is 39.2 Å². The first-order valence-corrected chi connectivity index (χ1v) is 7.44. The van der Waals surface area contributed by atoms with Crippen molar-refractivity contribution >= 4 is 22.0 Å². The summed E-state index contributed by atoms with van der Waals surface area (Å²) in [7, 11) is 0. The Bertz CT molecular complexity index is 544. The maximum Gasteiger partial charge on any atom is 0.408 e. The molecule has 1 saturated carbocycles. The molecule has 1 fully saturated rings. The van der Waals surface area contributed by atoms with E-state index in [1.165, 1.54) is 4.90 Å². The van der Waals surface area contributed by atoms with Crippen LogP contribution in [0, 0.1) is 0 Å². The molecule has 0 radical (unpaired) electrons. The average molecular weight is 362 g/mol.